The SMILES string of the molecule is CC(=O)C[C@@H](CCCCN)C(=O)N[C@@H](CC(C)C)C(=O)C[C@@H](CCCN=C(N)N)C(=O)N[C@@H](CCC(=O)O)C(=O)C[C@H](C(=O)N[C@@H](CC(N)=O)C(=O)C[C@@H](C)C(=O)NCC(=O)C[C@@H](CCCN=C(N)N)C(N)=O)[C@@H](C)O. The van der Waals surface area contributed by atoms with Gasteiger partial charge >= 0.3 is 5.97 Å². The number of Topliss-reactive ketones (excluding diaryl/α,β-unsaturated/α-hetero) is 5. The molecule has 0 heterocycles. The van der Waals surface area contributed by atoms with E-state index in [0.717, 1.165) is 6.92 Å². The molecule has 0 rings (SSSR count). The van der Waals surface area contributed by atoms with Crippen molar-refractivity contribution in [3.05, 3.63) is 0 Å². The van der Waals surface area contributed by atoms with Crippen LogP contribution in [-0.4, -0.2) is 143 Å². The number of primary amides is 2. The van der Waals surface area contributed by atoms with Crippen molar-refractivity contribution in [2.45, 2.75) is 162 Å². The second-order valence-corrected chi connectivity index (χ2v) is 19.7. The van der Waals surface area contributed by atoms with Crippen LogP contribution in [0.1, 0.15) is 137 Å². The summed E-state index contributed by atoms with van der Waals surface area (Å²) in [5, 5.41) is 30.3. The first-order valence-corrected chi connectivity index (χ1v) is 25.6. The van der Waals surface area contributed by atoms with E-state index in [4.69, 9.17) is 40.1 Å². The number of hydrogen-bond acceptors (Lipinski definition) is 16. The van der Waals surface area contributed by atoms with Crippen molar-refractivity contribution in [2.24, 2.45) is 85.6 Å². The number of carbonyl (C=O) groups excluding carboxylic acids is 11. The van der Waals surface area contributed by atoms with Gasteiger partial charge in [0.1, 0.15) is 5.78 Å². The van der Waals surface area contributed by atoms with Crippen LogP contribution < -0.4 is 61.4 Å². The smallest absolute Gasteiger partial charge is 0.303 e. The fourth-order valence-electron chi connectivity index (χ4n) is 8.07. The summed E-state index contributed by atoms with van der Waals surface area (Å²) < 4.78 is 0. The molecule has 0 unspecified atom stereocenters. The molecule has 9 atom stereocenters. The molecule has 6 amide bonds. The van der Waals surface area contributed by atoms with Gasteiger partial charge in [0, 0.05) is 75.3 Å². The van der Waals surface area contributed by atoms with Crippen LogP contribution in [0.15, 0.2) is 9.98 Å². The number of carboxylic acid groups (broad SMARTS) is 1. The number of guanidine groups is 2. The molecule has 27 nitrogen and oxygen atoms in total. The highest BCUT2D eigenvalue weighted by Gasteiger charge is 2.36. The maximum atomic E-state index is 14.2. The number of nitrogens with one attached hydrogen (secondary N) is 4. The van der Waals surface area contributed by atoms with Crippen molar-refractivity contribution in [3.63, 3.8) is 0 Å². The average Bonchev–Trinajstić information content (AvgIpc) is 3.31. The third-order valence-electron chi connectivity index (χ3n) is 12.2. The van der Waals surface area contributed by atoms with Crippen LogP contribution in [-0.2, 0) is 57.5 Å². The molecule has 0 spiro atoms. The van der Waals surface area contributed by atoms with Gasteiger partial charge in [0.05, 0.1) is 43.1 Å². The highest BCUT2D eigenvalue weighted by molar-refractivity contribution is 5.99. The van der Waals surface area contributed by atoms with Crippen LogP contribution in [0.5, 0.6) is 0 Å². The van der Waals surface area contributed by atoms with Crippen LogP contribution in [0.4, 0.5) is 0 Å². The quantitative estimate of drug-likeness (QED) is 0.0169. The maximum Gasteiger partial charge on any atom is 0.303 e. The monoisotopic (exact) mass is 1080 g/mol. The van der Waals surface area contributed by atoms with Crippen molar-refractivity contribution in [3.8, 4) is 0 Å². The summed E-state index contributed by atoms with van der Waals surface area (Å²) in [5.74, 6) is -15.7. The minimum atomic E-state index is -1.67. The van der Waals surface area contributed by atoms with Gasteiger partial charge < -0.3 is 76.4 Å². The van der Waals surface area contributed by atoms with E-state index in [2.05, 4.69) is 31.3 Å². The summed E-state index contributed by atoms with van der Waals surface area (Å²) >= 11 is 0. The topological polar surface area (TPSA) is 500 Å². The molecule has 27 heteroatoms. The summed E-state index contributed by atoms with van der Waals surface area (Å²) in [5.41, 5.74) is 38.0. The number of aliphatic hydroxyl groups excluding tert-OH is 1. The number of nitrogens with zero attached hydrogens (tertiary/aromatic N) is 2. The molecular weight excluding hydrogens is 995 g/mol. The summed E-state index contributed by atoms with van der Waals surface area (Å²) in [6.45, 7) is 7.54. The number of hydrogen-bond donors (Lipinski definition) is 13. The molecule has 0 saturated carbocycles. The van der Waals surface area contributed by atoms with E-state index in [0.29, 0.717) is 32.2 Å². The highest BCUT2D eigenvalue weighted by atomic mass is 16.4. The van der Waals surface area contributed by atoms with Crippen LogP contribution >= 0.6 is 0 Å². The Labute approximate surface area is 443 Å². The Morgan fingerprint density at radius 1 is 0.539 bits per heavy atom. The number of ketones is 5. The molecular formula is C49H85N13O14. The lowest BCUT2D eigenvalue weighted by Gasteiger charge is -2.27. The van der Waals surface area contributed by atoms with Crippen LogP contribution in [0.25, 0.3) is 0 Å². The third kappa shape index (κ3) is 30.5. The van der Waals surface area contributed by atoms with Gasteiger partial charge in [0.2, 0.25) is 35.4 Å². The summed E-state index contributed by atoms with van der Waals surface area (Å²) in [6, 6.07) is -4.37. The van der Waals surface area contributed by atoms with Gasteiger partial charge in [-0.2, -0.15) is 0 Å². The fourth-order valence-corrected chi connectivity index (χ4v) is 8.07. The molecule has 0 saturated heterocycles. The molecule has 0 fully saturated rings. The third-order valence-corrected chi connectivity index (χ3v) is 12.2. The van der Waals surface area contributed by atoms with Crippen LogP contribution in [0.2, 0.25) is 0 Å². The van der Waals surface area contributed by atoms with Crippen molar-refractivity contribution in [2.75, 3.05) is 26.2 Å². The predicted octanol–water partition coefficient (Wildman–Crippen LogP) is -2.64. The number of aliphatic carboxylic acids is 1. The van der Waals surface area contributed by atoms with Gasteiger partial charge in [-0.25, -0.2) is 0 Å². The Bertz CT molecular complexity index is 2060. The minimum Gasteiger partial charge on any atom is -0.481 e. The fraction of sp³-hybridized carbons (Fsp3) is 0.714. The number of aliphatic imine (C=N–C) groups is 2. The van der Waals surface area contributed by atoms with E-state index in [1.807, 2.05) is 13.8 Å². The number of aliphatic hydroxyl groups is 1. The van der Waals surface area contributed by atoms with Gasteiger partial charge in [0.25, 0.3) is 0 Å². The second kappa shape index (κ2) is 36.9. The molecule has 0 aliphatic heterocycles. The maximum absolute atomic E-state index is 14.2. The molecule has 0 bridgehead atoms. The van der Waals surface area contributed by atoms with Gasteiger partial charge in [-0.15, -0.1) is 0 Å². The number of carbonyl (C=O) groups is 12. The number of amides is 6. The first-order valence-electron chi connectivity index (χ1n) is 25.6. The molecule has 0 aromatic heterocycles. The van der Waals surface area contributed by atoms with Crippen LogP contribution in [0.3, 0.4) is 0 Å². The predicted molar refractivity (Wildman–Crippen MR) is 279 cm³/mol. The lowest BCUT2D eigenvalue weighted by molar-refractivity contribution is -0.140. The zero-order valence-electron chi connectivity index (χ0n) is 44.6. The van der Waals surface area contributed by atoms with E-state index in [-0.39, 0.29) is 75.2 Å². The molecule has 20 N–H and O–H groups in total. The Kier molecular flexibility index (Phi) is 33.6. The first kappa shape index (κ1) is 69.1. The zero-order valence-corrected chi connectivity index (χ0v) is 44.6. The number of unbranched alkanes of at least 4 members (excludes halogenated alkanes) is 1. The zero-order chi connectivity index (χ0) is 58.2. The molecule has 0 radical (unpaired) electrons. The van der Waals surface area contributed by atoms with E-state index < -0.39 is 163 Å². The average molecular weight is 1080 g/mol. The first-order chi connectivity index (χ1) is 35.5. The summed E-state index contributed by atoms with van der Waals surface area (Å²) in [7, 11) is 0. The summed E-state index contributed by atoms with van der Waals surface area (Å²) in [6.07, 6.45) is -3.48. The highest BCUT2D eigenvalue weighted by Crippen LogP contribution is 2.22. The molecule has 0 aliphatic carbocycles. The van der Waals surface area contributed by atoms with Crippen LogP contribution in [0, 0.1) is 35.5 Å². The second-order valence-electron chi connectivity index (χ2n) is 19.7. The standard InChI is InChI=1S/C49H85N13O14/c1-26(2)18-36(61-45(74)31(20-28(4)63)10-6-7-15-50)39(67)22-32(12-9-17-58-49(55)56)46(75)60-35(13-14-42(70)71)40(68)23-34(29(5)64)47(76)62-37(24-41(51)69)38(66)19-27(3)44(73)59-25-33(65)21-30(43(52)72)11-8-16-57-48(53)54/h26-27,29-32,34-37,64H,6-25,50H2,1-5H3,(H2,51,69)(H2,52,72)(H,59,73)(H,60,75)(H,61,74)(H,62,76)(H,70,71)(H4,53,54,57)(H4,55,56,58)/t27-,29-,30-,31-,32-,34+,35+,36+,37+/m1/s1. The number of nitrogens with two attached hydrogens (primary N) is 7. The van der Waals surface area contributed by atoms with Crippen molar-refractivity contribution >= 4 is 82.2 Å². The van der Waals surface area contributed by atoms with Gasteiger partial charge in [-0.1, -0.05) is 27.2 Å². The lowest BCUT2D eigenvalue weighted by Crippen LogP contribution is -2.50. The minimum absolute atomic E-state index is 0.0317. The van der Waals surface area contributed by atoms with Crippen molar-refractivity contribution in [1.82, 2.24) is 21.3 Å². The molecule has 0 aromatic rings. The van der Waals surface area contributed by atoms with Crippen molar-refractivity contribution < 1.29 is 67.7 Å². The van der Waals surface area contributed by atoms with E-state index in [1.165, 1.54) is 13.8 Å². The van der Waals surface area contributed by atoms with Gasteiger partial charge in [0.15, 0.2) is 35.1 Å². The van der Waals surface area contributed by atoms with E-state index in [1.54, 1.807) is 0 Å². The van der Waals surface area contributed by atoms with E-state index in [9.17, 15) is 67.7 Å². The van der Waals surface area contributed by atoms with Gasteiger partial charge in [-0.3, -0.25) is 62.7 Å². The largest absolute Gasteiger partial charge is 0.481 e. The Hall–Kier alpha value is -6.90. The van der Waals surface area contributed by atoms with E-state index >= 15 is 0 Å². The van der Waals surface area contributed by atoms with Crippen molar-refractivity contribution in [1.29, 1.82) is 0 Å². The molecule has 0 aliphatic rings. The number of carboxylic acids is 1. The Balaban J connectivity index is 6.44. The lowest BCUT2D eigenvalue weighted by atomic mass is 9.88. The molecule has 76 heavy (non-hydrogen) atoms. The molecule has 0 aromatic carbocycles. The Morgan fingerprint density at radius 3 is 1.53 bits per heavy atom. The van der Waals surface area contributed by atoms with Gasteiger partial charge in [-0.05, 0) is 77.7 Å². The Morgan fingerprint density at radius 2 is 1.04 bits per heavy atom. The summed E-state index contributed by atoms with van der Waals surface area (Å²) in [4.78, 5) is 164. The molecule has 430 valence electrons. The normalized spacial score (nSPS) is 14.6. The number of rotatable bonds is 43.